The van der Waals surface area contributed by atoms with E-state index < -0.39 is 45.1 Å². The molecule has 0 aromatic heterocycles. The topological polar surface area (TPSA) is 166 Å². The molecule has 3 unspecified atom stereocenters. The van der Waals surface area contributed by atoms with Crippen molar-refractivity contribution in [1.29, 1.82) is 0 Å². The number of carbonyl (C=O) groups excluding carboxylic acids is 1. The van der Waals surface area contributed by atoms with Crippen molar-refractivity contribution in [3.63, 3.8) is 0 Å². The molecule has 0 aliphatic rings. The predicted octanol–water partition coefficient (Wildman–Crippen LogP) is 1.97. The Morgan fingerprint density at radius 3 is 2.07 bits per heavy atom. The molecule has 0 rings (SSSR count). The molecule has 0 aromatic carbocycles. The summed E-state index contributed by atoms with van der Waals surface area (Å²) in [6.45, 7) is 0.432. The number of phosphoric acid groups is 1. The van der Waals surface area contributed by atoms with Gasteiger partial charge in [0.2, 0.25) is 0 Å². The van der Waals surface area contributed by atoms with Gasteiger partial charge in [-0.1, -0.05) is 51.9 Å². The summed E-state index contributed by atoms with van der Waals surface area (Å²) in [4.78, 5) is 31.4. The molecule has 28 heavy (non-hydrogen) atoms. The lowest BCUT2D eigenvalue weighted by atomic mass is 10.1. The van der Waals surface area contributed by atoms with Gasteiger partial charge in [0, 0.05) is 6.42 Å². The Morgan fingerprint density at radius 2 is 1.50 bits per heavy atom. The maximum absolute atomic E-state index is 11.6. The Balaban J connectivity index is 3.76. The maximum atomic E-state index is 11.6. The van der Waals surface area contributed by atoms with Crippen molar-refractivity contribution < 1.29 is 43.0 Å². The molecular weight excluding hydrogens is 393 g/mol. The molecule has 0 saturated carbocycles. The van der Waals surface area contributed by atoms with E-state index in [2.05, 4.69) is 16.0 Å². The van der Waals surface area contributed by atoms with E-state index in [1.165, 1.54) is 25.7 Å². The molecule has 0 radical (unpaired) electrons. The molecule has 11 heteroatoms. The number of hydrogen-bond acceptors (Lipinski definition) is 8. The van der Waals surface area contributed by atoms with Gasteiger partial charge in [0.25, 0.3) is 0 Å². The number of unbranched alkanes of at least 4 members (excludes halogenated alkanes) is 7. The summed E-state index contributed by atoms with van der Waals surface area (Å²) in [5.74, 6) is -1.86. The Labute approximate surface area is 166 Å². The van der Waals surface area contributed by atoms with Crippen molar-refractivity contribution >= 4 is 19.8 Å². The fourth-order valence-electron chi connectivity index (χ4n) is 2.18. The third kappa shape index (κ3) is 16.0. The minimum absolute atomic E-state index is 0.247. The molecule has 0 amide bonds. The van der Waals surface area contributed by atoms with Gasteiger partial charge in [-0.25, -0.2) is 4.57 Å². The van der Waals surface area contributed by atoms with Crippen LogP contribution in [0.4, 0.5) is 0 Å². The maximum Gasteiger partial charge on any atom is 0.472 e. The van der Waals surface area contributed by atoms with Crippen molar-refractivity contribution in [1.82, 2.24) is 0 Å². The van der Waals surface area contributed by atoms with E-state index in [0.29, 0.717) is 6.42 Å². The monoisotopic (exact) mass is 427 g/mol. The average molecular weight is 427 g/mol. The average Bonchev–Trinajstić information content (AvgIpc) is 2.65. The van der Waals surface area contributed by atoms with E-state index in [1.807, 2.05) is 0 Å². The van der Waals surface area contributed by atoms with Gasteiger partial charge in [-0.05, 0) is 6.42 Å². The first-order valence-electron chi connectivity index (χ1n) is 9.62. The Bertz CT molecular complexity index is 489. The third-order valence-corrected chi connectivity index (χ3v) is 4.79. The minimum Gasteiger partial charge on any atom is -0.480 e. The van der Waals surface area contributed by atoms with E-state index in [0.717, 1.165) is 19.3 Å². The fraction of sp³-hybridized carbons (Fsp3) is 0.882. The van der Waals surface area contributed by atoms with Crippen LogP contribution in [0.25, 0.3) is 0 Å². The molecule has 0 bridgehead atoms. The van der Waals surface area contributed by atoms with Crippen LogP contribution in [0.15, 0.2) is 0 Å². The lowest BCUT2D eigenvalue weighted by Crippen LogP contribution is -2.34. The zero-order chi connectivity index (χ0) is 21.4. The van der Waals surface area contributed by atoms with Crippen LogP contribution in [0.1, 0.15) is 64.7 Å². The molecule has 5 N–H and O–H groups in total. The second kappa shape index (κ2) is 15.8. The summed E-state index contributed by atoms with van der Waals surface area (Å²) >= 11 is 0. The van der Waals surface area contributed by atoms with Crippen molar-refractivity contribution in [3.8, 4) is 0 Å². The molecule has 0 fully saturated rings. The van der Waals surface area contributed by atoms with Crippen molar-refractivity contribution in [2.24, 2.45) is 5.73 Å². The first-order chi connectivity index (χ1) is 13.2. The Morgan fingerprint density at radius 1 is 0.964 bits per heavy atom. The molecular formula is C17H34NO9P. The number of aliphatic hydroxyl groups excluding tert-OH is 1. The van der Waals surface area contributed by atoms with E-state index >= 15 is 0 Å². The molecule has 10 nitrogen and oxygen atoms in total. The van der Waals surface area contributed by atoms with Crippen LogP contribution >= 0.6 is 7.82 Å². The Kier molecular flexibility index (Phi) is 15.3. The molecule has 3 atom stereocenters. The number of aliphatic carboxylic acids is 1. The SMILES string of the molecule is CCCCCCCCCCC(=O)OCC(O)COP(=O)(O)OCC(N)C(=O)O. The van der Waals surface area contributed by atoms with Crippen LogP contribution in [0.5, 0.6) is 0 Å². The number of rotatable bonds is 18. The Hall–Kier alpha value is -1.03. The summed E-state index contributed by atoms with van der Waals surface area (Å²) in [5.41, 5.74) is 5.13. The number of carbonyl (C=O) groups is 2. The molecule has 0 aliphatic carbocycles. The molecule has 0 spiro atoms. The van der Waals surface area contributed by atoms with E-state index in [4.69, 9.17) is 15.6 Å². The van der Waals surface area contributed by atoms with Gasteiger partial charge in [0.15, 0.2) is 0 Å². The number of nitrogens with two attached hydrogens (primary N) is 1. The predicted molar refractivity (Wildman–Crippen MR) is 102 cm³/mol. The normalized spacial score (nSPS) is 15.6. The fourth-order valence-corrected chi connectivity index (χ4v) is 2.96. The highest BCUT2D eigenvalue weighted by molar-refractivity contribution is 7.47. The van der Waals surface area contributed by atoms with Crippen LogP contribution in [-0.4, -0.2) is 59.0 Å². The summed E-state index contributed by atoms with van der Waals surface area (Å²) in [6, 6.07) is -1.48. The molecule has 0 aliphatic heterocycles. The van der Waals surface area contributed by atoms with Crippen LogP contribution in [0, 0.1) is 0 Å². The van der Waals surface area contributed by atoms with Gasteiger partial charge in [0.1, 0.15) is 18.8 Å². The van der Waals surface area contributed by atoms with E-state index in [-0.39, 0.29) is 13.0 Å². The first-order valence-corrected chi connectivity index (χ1v) is 11.1. The highest BCUT2D eigenvalue weighted by Gasteiger charge is 2.26. The van der Waals surface area contributed by atoms with Crippen LogP contribution in [0.3, 0.4) is 0 Å². The second-order valence-electron chi connectivity index (χ2n) is 6.57. The quantitative estimate of drug-likeness (QED) is 0.144. The zero-order valence-electron chi connectivity index (χ0n) is 16.5. The molecule has 0 heterocycles. The standard InChI is InChI=1S/C17H34NO9P/c1-2-3-4-5-6-7-8-9-10-16(20)25-11-14(19)12-26-28(23,24)27-13-15(18)17(21)22/h14-15,19H,2-13,18H2,1H3,(H,21,22)(H,23,24). The number of aliphatic hydroxyl groups is 1. The highest BCUT2D eigenvalue weighted by Crippen LogP contribution is 2.43. The van der Waals surface area contributed by atoms with Gasteiger partial charge in [0.05, 0.1) is 13.2 Å². The lowest BCUT2D eigenvalue weighted by molar-refractivity contribution is -0.147. The summed E-state index contributed by atoms with van der Waals surface area (Å²) in [5, 5.41) is 18.2. The second-order valence-corrected chi connectivity index (χ2v) is 8.02. The van der Waals surface area contributed by atoms with E-state index in [9.17, 15) is 24.2 Å². The van der Waals surface area contributed by atoms with Gasteiger partial charge in [-0.15, -0.1) is 0 Å². The van der Waals surface area contributed by atoms with Crippen LogP contribution < -0.4 is 5.73 Å². The molecule has 166 valence electrons. The van der Waals surface area contributed by atoms with E-state index in [1.54, 1.807) is 0 Å². The number of hydrogen-bond donors (Lipinski definition) is 4. The van der Waals surface area contributed by atoms with Crippen molar-refractivity contribution in [3.05, 3.63) is 0 Å². The van der Waals surface area contributed by atoms with Gasteiger partial charge < -0.3 is 25.6 Å². The molecule has 0 aromatic rings. The number of carboxylic acids is 1. The summed E-state index contributed by atoms with van der Waals surface area (Å²) in [6.07, 6.45) is 7.74. The number of ether oxygens (including phenoxy) is 1. The van der Waals surface area contributed by atoms with Gasteiger partial charge in [-0.3, -0.25) is 18.6 Å². The van der Waals surface area contributed by atoms with Gasteiger partial charge in [-0.2, -0.15) is 0 Å². The largest absolute Gasteiger partial charge is 0.480 e. The van der Waals surface area contributed by atoms with Crippen molar-refractivity contribution in [2.45, 2.75) is 76.9 Å². The lowest BCUT2D eigenvalue weighted by Gasteiger charge is -2.16. The molecule has 0 saturated heterocycles. The van der Waals surface area contributed by atoms with Crippen molar-refractivity contribution in [2.75, 3.05) is 19.8 Å². The summed E-state index contributed by atoms with van der Waals surface area (Å²) < 4.78 is 25.3. The van der Waals surface area contributed by atoms with Crippen LogP contribution in [0.2, 0.25) is 0 Å². The first kappa shape index (κ1) is 27.0. The van der Waals surface area contributed by atoms with Crippen LogP contribution in [-0.2, 0) is 27.9 Å². The number of phosphoric ester groups is 1. The zero-order valence-corrected chi connectivity index (χ0v) is 17.4. The third-order valence-electron chi connectivity index (χ3n) is 3.84. The smallest absolute Gasteiger partial charge is 0.472 e. The number of esters is 1. The minimum atomic E-state index is -4.57. The summed E-state index contributed by atoms with van der Waals surface area (Å²) in [7, 11) is -4.57. The van der Waals surface area contributed by atoms with Gasteiger partial charge >= 0.3 is 19.8 Å². The number of carboxylic acid groups (broad SMARTS) is 1. The highest BCUT2D eigenvalue weighted by atomic mass is 31.2.